The van der Waals surface area contributed by atoms with Crippen LogP contribution in [0.3, 0.4) is 0 Å². The van der Waals surface area contributed by atoms with Crippen LogP contribution < -0.4 is 0 Å². The summed E-state index contributed by atoms with van der Waals surface area (Å²) in [6.45, 7) is 12.9. The van der Waals surface area contributed by atoms with Crippen molar-refractivity contribution in [1.29, 1.82) is 0 Å². The van der Waals surface area contributed by atoms with E-state index in [0.717, 1.165) is 9.52 Å². The van der Waals surface area contributed by atoms with Crippen LogP contribution >= 0.6 is 24.8 Å². The zero-order valence-electron chi connectivity index (χ0n) is 18.6. The number of hydrogen-bond donors (Lipinski definition) is 1. The second-order valence-electron chi connectivity index (χ2n) is 6.29. The van der Waals surface area contributed by atoms with E-state index in [-0.39, 0.29) is 44.4 Å². The van der Waals surface area contributed by atoms with Gasteiger partial charge in [-0.05, 0) is 0 Å². The number of fused-ring (bicyclic) bond motifs is 3. The van der Waals surface area contributed by atoms with Gasteiger partial charge in [0.25, 0.3) is 0 Å². The predicted octanol–water partition coefficient (Wildman–Crippen LogP) is 7.41. The number of rotatable bonds is 0. The minimum atomic E-state index is -0.250. The standard InChI is InChI=1S/C13H9.C4H10N.C2H5O.C2H6Si.CH3.CH2.2ClH.Zr/c1-3-7-12-10(5-1)9-11-6-2-4-8-13(11)12;1-4(2,3)5;1-2-3;1-3-2;;;;;/h1-9H;5H,1-3H3;3H,1-2H2;1-2H3;1H3;1H2;2*1H;/q3*-1;;-1;;;;. The van der Waals surface area contributed by atoms with Crippen LogP contribution in [-0.4, -0.2) is 31.0 Å². The molecule has 166 valence electrons. The Balaban J connectivity index is -0.000000104. The topological polar surface area (TPSA) is 44.0 Å². The number of aliphatic hydroxyl groups excluding tert-OH is 1. The Morgan fingerprint density at radius 3 is 1.41 bits per heavy atom. The molecule has 0 saturated carbocycles. The number of benzene rings is 2. The molecule has 0 heterocycles. The van der Waals surface area contributed by atoms with Crippen LogP contribution in [-0.2, 0) is 24.2 Å². The molecule has 2 N–H and O–H groups in total. The van der Waals surface area contributed by atoms with Gasteiger partial charge in [-0.3, -0.25) is 0 Å². The number of nitrogens with one attached hydrogen (secondary N) is 1. The molecule has 3 aromatic rings. The first-order valence-corrected chi connectivity index (χ1v) is 12.1. The zero-order chi connectivity index (χ0) is 20.6. The second-order valence-corrected chi connectivity index (χ2v) is 7.29. The average Bonchev–Trinajstić information content (AvgIpc) is 2.95. The molecule has 0 aromatic heterocycles. The van der Waals surface area contributed by atoms with Crippen LogP contribution in [0.1, 0.15) is 20.8 Å². The van der Waals surface area contributed by atoms with Crippen molar-refractivity contribution in [2.24, 2.45) is 0 Å². The second kappa shape index (κ2) is 24.1. The molecule has 0 aliphatic rings. The smallest absolute Gasteiger partial charge is 0.0771 e. The summed E-state index contributed by atoms with van der Waals surface area (Å²) in [5.74, 6) is 0. The Hall–Kier alpha value is -0.220. The predicted molar refractivity (Wildman–Crippen MR) is 139 cm³/mol. The van der Waals surface area contributed by atoms with Gasteiger partial charge in [-0.1, -0.05) is 76.9 Å². The van der Waals surface area contributed by atoms with Crippen molar-refractivity contribution in [3.8, 4) is 0 Å². The van der Waals surface area contributed by atoms with E-state index in [9.17, 15) is 0 Å². The maximum Gasteiger partial charge on any atom is -0.0771 e. The summed E-state index contributed by atoms with van der Waals surface area (Å²) in [6.07, 6.45) is 0. The van der Waals surface area contributed by atoms with Gasteiger partial charge in [-0.25, -0.2) is 0 Å². The van der Waals surface area contributed by atoms with Gasteiger partial charge in [0.2, 0.25) is 0 Å². The van der Waals surface area contributed by atoms with Crippen molar-refractivity contribution in [3.63, 3.8) is 0 Å². The van der Waals surface area contributed by atoms with Crippen molar-refractivity contribution in [1.82, 2.24) is 0 Å². The Bertz CT molecular complexity index is 656. The molecule has 6 heteroatoms. The summed E-state index contributed by atoms with van der Waals surface area (Å²) in [6, 6.07) is 19.3. The molecule has 0 fully saturated rings. The van der Waals surface area contributed by atoms with Gasteiger partial charge in [0, 0.05) is 9.52 Å². The van der Waals surface area contributed by atoms with Gasteiger partial charge in [0.05, 0.1) is 0 Å². The first-order valence-electron chi connectivity index (χ1n) is 8.40. The molecule has 0 aliphatic carbocycles. The Kier molecular flexibility index (Phi) is 32.6. The molecule has 2 nitrogen and oxygen atoms in total. The van der Waals surface area contributed by atoms with Crippen LogP contribution in [0, 0.1) is 14.4 Å². The van der Waals surface area contributed by atoms with E-state index in [1.165, 1.54) is 45.8 Å². The van der Waals surface area contributed by atoms with Crippen LogP contribution in [0.2, 0.25) is 13.1 Å². The first kappa shape index (κ1) is 39.3. The van der Waals surface area contributed by atoms with Crippen molar-refractivity contribution >= 4 is 60.1 Å². The fraction of sp³-hybridized carbons (Fsp3) is 0.304. The Morgan fingerprint density at radius 2 is 1.17 bits per heavy atom. The third kappa shape index (κ3) is 20.8. The first-order chi connectivity index (χ1) is 12.3. The number of aliphatic hydroxyl groups is 1. The molecule has 0 unspecified atom stereocenters. The maximum atomic E-state index is 7.46. The van der Waals surface area contributed by atoms with E-state index in [1.807, 2.05) is 20.8 Å². The summed E-state index contributed by atoms with van der Waals surface area (Å²) in [5, 5.41) is 12.9. The molecule has 0 aliphatic heterocycles. The SMILES string of the molecule is CC(C)(C)[NH-].C[Si]C.Cl.Cl.[CH2-]CO.[CH2]=[Zr].[CH3-].c1ccc2c(c1)[cH-]c1ccccc12. The van der Waals surface area contributed by atoms with Crippen LogP contribution in [0.15, 0.2) is 54.6 Å². The molecular weight excluding hydrogens is 496 g/mol. The fourth-order valence-corrected chi connectivity index (χ4v) is 1.90. The van der Waals surface area contributed by atoms with Gasteiger partial charge in [-0.2, -0.15) is 0 Å². The number of hydrogen-bond acceptors (Lipinski definition) is 1. The molecule has 0 saturated heterocycles. The average molecular weight is 534 g/mol. The quantitative estimate of drug-likeness (QED) is 0.237. The Morgan fingerprint density at radius 1 is 0.966 bits per heavy atom. The number of halogens is 2. The monoisotopic (exact) mass is 531 g/mol. The van der Waals surface area contributed by atoms with Crippen LogP contribution in [0.5, 0.6) is 0 Å². The van der Waals surface area contributed by atoms with Gasteiger partial charge in [0.15, 0.2) is 0 Å². The minimum Gasteiger partial charge on any atom is -0.358 e. The van der Waals surface area contributed by atoms with E-state index in [1.54, 1.807) is 0 Å². The van der Waals surface area contributed by atoms with E-state index in [0.29, 0.717) is 0 Å². The van der Waals surface area contributed by atoms with Crippen molar-refractivity contribution in [3.05, 3.63) is 74.7 Å². The molecule has 29 heavy (non-hydrogen) atoms. The molecule has 3 rings (SSSR count). The third-order valence-corrected chi connectivity index (χ3v) is 2.52. The molecule has 0 spiro atoms. The van der Waals surface area contributed by atoms with E-state index in [2.05, 4.69) is 78.8 Å². The summed E-state index contributed by atoms with van der Waals surface area (Å²) >= 11 is 1.30. The van der Waals surface area contributed by atoms with E-state index < -0.39 is 0 Å². The van der Waals surface area contributed by atoms with Crippen LogP contribution in [0.25, 0.3) is 27.3 Å². The minimum absolute atomic E-state index is 0. The largest absolute Gasteiger partial charge is 0.358 e. The van der Waals surface area contributed by atoms with E-state index in [4.69, 9.17) is 10.8 Å². The maximum absolute atomic E-state index is 7.46. The molecule has 0 bridgehead atoms. The van der Waals surface area contributed by atoms with E-state index >= 15 is 0 Å². The van der Waals surface area contributed by atoms with Gasteiger partial charge in [0.1, 0.15) is 0 Å². The van der Waals surface area contributed by atoms with Crippen molar-refractivity contribution in [2.45, 2.75) is 39.4 Å². The molecule has 0 amide bonds. The molecule has 0 atom stereocenters. The summed E-state index contributed by atoms with van der Waals surface area (Å²) in [5.41, 5.74) is 6.69. The fourth-order valence-electron chi connectivity index (χ4n) is 1.90. The van der Waals surface area contributed by atoms with Gasteiger partial charge in [-0.15, -0.1) is 70.1 Å². The molecular formula is C23H37Cl2NOSiZr-4. The van der Waals surface area contributed by atoms with Crippen molar-refractivity contribution in [2.75, 3.05) is 6.61 Å². The normalized spacial score (nSPS) is 8.38. The Labute approximate surface area is 209 Å². The molecule has 3 aromatic carbocycles. The zero-order valence-corrected chi connectivity index (χ0v) is 23.7. The van der Waals surface area contributed by atoms with Crippen LogP contribution in [0.4, 0.5) is 0 Å². The van der Waals surface area contributed by atoms with Gasteiger partial charge >= 0.3 is 28.4 Å². The van der Waals surface area contributed by atoms with Gasteiger partial charge < -0.3 is 25.2 Å². The summed E-state index contributed by atoms with van der Waals surface area (Å²) < 4.78 is 3.34. The summed E-state index contributed by atoms with van der Waals surface area (Å²) in [4.78, 5) is 0. The van der Waals surface area contributed by atoms with Crippen molar-refractivity contribution < 1.29 is 29.3 Å². The third-order valence-electron chi connectivity index (χ3n) is 2.52. The molecule has 2 radical (unpaired) electrons. The summed E-state index contributed by atoms with van der Waals surface area (Å²) in [7, 11) is 1.08.